The van der Waals surface area contributed by atoms with E-state index < -0.39 is 11.2 Å². The van der Waals surface area contributed by atoms with Gasteiger partial charge >= 0.3 is 5.69 Å². The number of aromatic nitrogens is 3. The maximum atomic E-state index is 12.8. The molecule has 2 aromatic heterocycles. The van der Waals surface area contributed by atoms with Crippen molar-refractivity contribution in [3.8, 4) is 0 Å². The van der Waals surface area contributed by atoms with E-state index in [4.69, 9.17) is 5.73 Å². The van der Waals surface area contributed by atoms with Crippen LogP contribution in [0, 0.1) is 5.92 Å². The molecule has 0 bridgehead atoms. The first-order valence-electron chi connectivity index (χ1n) is 8.02. The van der Waals surface area contributed by atoms with Gasteiger partial charge in [-0.1, -0.05) is 6.92 Å². The highest BCUT2D eigenvalue weighted by molar-refractivity contribution is 5.97. The molecule has 3 rings (SSSR count). The lowest BCUT2D eigenvalue weighted by molar-refractivity contribution is 0.0573. The van der Waals surface area contributed by atoms with E-state index in [9.17, 15) is 14.4 Å². The van der Waals surface area contributed by atoms with Crippen molar-refractivity contribution in [3.63, 3.8) is 0 Å². The molecule has 2 unspecified atom stereocenters. The number of amides is 1. The summed E-state index contributed by atoms with van der Waals surface area (Å²) in [6, 6.07) is 1.49. The molecule has 0 aliphatic carbocycles. The molecule has 1 fully saturated rings. The third-order valence-corrected chi connectivity index (χ3v) is 4.71. The highest BCUT2D eigenvalue weighted by atomic mass is 16.2. The summed E-state index contributed by atoms with van der Waals surface area (Å²) in [5.41, 5.74) is 5.33. The minimum absolute atomic E-state index is 0.00430. The monoisotopic (exact) mass is 331 g/mol. The second-order valence-electron chi connectivity index (χ2n) is 6.43. The standard InChI is InChI=1S/C16H21N5O3/c1-9-3-4-21(11(5-9)7-17)15(23)10-6-12-13(18-8-10)20(2)16(24)19-14(12)22/h6,8-9,11H,3-5,7,17H2,1-2H3,(H,19,22,24). The van der Waals surface area contributed by atoms with Gasteiger partial charge in [-0.25, -0.2) is 9.78 Å². The number of hydrogen-bond acceptors (Lipinski definition) is 5. The van der Waals surface area contributed by atoms with Gasteiger partial charge in [-0.3, -0.25) is 19.1 Å². The fourth-order valence-electron chi connectivity index (χ4n) is 3.26. The van der Waals surface area contributed by atoms with Gasteiger partial charge in [0.15, 0.2) is 0 Å². The van der Waals surface area contributed by atoms with Gasteiger partial charge in [-0.2, -0.15) is 0 Å². The first-order chi connectivity index (χ1) is 11.4. The van der Waals surface area contributed by atoms with Crippen LogP contribution in [0.1, 0.15) is 30.1 Å². The van der Waals surface area contributed by atoms with Crippen LogP contribution in [0.25, 0.3) is 11.0 Å². The Morgan fingerprint density at radius 1 is 1.46 bits per heavy atom. The van der Waals surface area contributed by atoms with E-state index in [2.05, 4.69) is 16.9 Å². The van der Waals surface area contributed by atoms with Gasteiger partial charge in [-0.05, 0) is 24.8 Å². The molecule has 8 nitrogen and oxygen atoms in total. The largest absolute Gasteiger partial charge is 0.334 e. The smallest absolute Gasteiger partial charge is 0.329 e. The van der Waals surface area contributed by atoms with Crippen molar-refractivity contribution in [2.75, 3.05) is 13.1 Å². The Bertz CT molecular complexity index is 901. The summed E-state index contributed by atoms with van der Waals surface area (Å²) in [5.74, 6) is 0.356. The fraction of sp³-hybridized carbons (Fsp3) is 0.500. The molecular formula is C16H21N5O3. The number of fused-ring (bicyclic) bond motifs is 1. The molecule has 2 atom stereocenters. The molecule has 8 heteroatoms. The molecule has 2 aromatic rings. The number of nitrogens with one attached hydrogen (secondary N) is 1. The van der Waals surface area contributed by atoms with E-state index in [0.29, 0.717) is 24.6 Å². The number of piperidine rings is 1. The maximum Gasteiger partial charge on any atom is 0.329 e. The maximum absolute atomic E-state index is 12.8. The Hall–Kier alpha value is -2.48. The molecular weight excluding hydrogens is 310 g/mol. The normalized spacial score (nSPS) is 21.2. The zero-order chi connectivity index (χ0) is 17.4. The fourth-order valence-corrected chi connectivity index (χ4v) is 3.26. The predicted octanol–water partition coefficient (Wildman–Crippen LogP) is -0.179. The molecule has 1 amide bonds. The molecule has 0 spiro atoms. The van der Waals surface area contributed by atoms with Crippen molar-refractivity contribution in [3.05, 3.63) is 38.7 Å². The van der Waals surface area contributed by atoms with Crippen molar-refractivity contribution >= 4 is 16.9 Å². The minimum Gasteiger partial charge on any atom is -0.334 e. The van der Waals surface area contributed by atoms with Crippen LogP contribution >= 0.6 is 0 Å². The SMILES string of the molecule is CC1CCN(C(=O)c2cnc3c(c2)c(=O)[nH]c(=O)n3C)C(CN)C1. The van der Waals surface area contributed by atoms with E-state index in [1.807, 2.05) is 0 Å². The van der Waals surface area contributed by atoms with Crippen molar-refractivity contribution < 1.29 is 4.79 Å². The summed E-state index contributed by atoms with van der Waals surface area (Å²) in [7, 11) is 1.52. The molecule has 1 saturated heterocycles. The third kappa shape index (κ3) is 2.73. The number of hydrogen-bond donors (Lipinski definition) is 2. The van der Waals surface area contributed by atoms with Crippen LogP contribution in [0.15, 0.2) is 21.9 Å². The van der Waals surface area contributed by atoms with Crippen molar-refractivity contribution in [2.24, 2.45) is 18.7 Å². The first kappa shape index (κ1) is 16.4. The topological polar surface area (TPSA) is 114 Å². The second-order valence-corrected chi connectivity index (χ2v) is 6.43. The molecule has 1 aliphatic rings. The average molecular weight is 331 g/mol. The van der Waals surface area contributed by atoms with Crippen molar-refractivity contribution in [2.45, 2.75) is 25.8 Å². The Kier molecular flexibility index (Phi) is 4.23. The summed E-state index contributed by atoms with van der Waals surface area (Å²) in [6.07, 6.45) is 3.21. The van der Waals surface area contributed by atoms with Crippen LogP contribution in [0.4, 0.5) is 0 Å². The highest BCUT2D eigenvalue weighted by Crippen LogP contribution is 2.23. The van der Waals surface area contributed by atoms with Gasteiger partial charge in [0.1, 0.15) is 5.65 Å². The first-order valence-corrected chi connectivity index (χ1v) is 8.02. The summed E-state index contributed by atoms with van der Waals surface area (Å²) in [5, 5.41) is 0.220. The zero-order valence-corrected chi connectivity index (χ0v) is 13.8. The summed E-state index contributed by atoms with van der Waals surface area (Å²) in [6.45, 7) is 3.21. The number of rotatable bonds is 2. The van der Waals surface area contributed by atoms with Gasteiger partial charge in [0, 0.05) is 32.4 Å². The van der Waals surface area contributed by atoms with Gasteiger partial charge in [0.25, 0.3) is 11.5 Å². The van der Waals surface area contributed by atoms with Gasteiger partial charge in [-0.15, -0.1) is 0 Å². The quantitative estimate of drug-likeness (QED) is 0.792. The van der Waals surface area contributed by atoms with E-state index in [1.165, 1.54) is 23.9 Å². The lowest BCUT2D eigenvalue weighted by atomic mass is 9.92. The van der Waals surface area contributed by atoms with E-state index in [-0.39, 0.29) is 23.0 Å². The molecule has 24 heavy (non-hydrogen) atoms. The lowest BCUT2D eigenvalue weighted by Gasteiger charge is -2.38. The van der Waals surface area contributed by atoms with E-state index in [1.54, 1.807) is 4.90 Å². The number of nitrogens with two attached hydrogens (primary N) is 1. The number of pyridine rings is 1. The molecule has 3 heterocycles. The zero-order valence-electron chi connectivity index (χ0n) is 13.8. The summed E-state index contributed by atoms with van der Waals surface area (Å²) >= 11 is 0. The molecule has 0 radical (unpaired) electrons. The number of H-pyrrole nitrogens is 1. The molecule has 0 aromatic carbocycles. The number of carbonyl (C=O) groups is 1. The van der Waals surface area contributed by atoms with Crippen molar-refractivity contribution in [1.29, 1.82) is 0 Å². The Labute approximate surface area is 138 Å². The van der Waals surface area contributed by atoms with E-state index >= 15 is 0 Å². The summed E-state index contributed by atoms with van der Waals surface area (Å²) < 4.78 is 1.25. The highest BCUT2D eigenvalue weighted by Gasteiger charge is 2.30. The van der Waals surface area contributed by atoms with Gasteiger partial charge in [0.2, 0.25) is 0 Å². The number of carbonyl (C=O) groups excluding carboxylic acids is 1. The predicted molar refractivity (Wildman–Crippen MR) is 89.9 cm³/mol. The van der Waals surface area contributed by atoms with Crippen LogP contribution in [0.5, 0.6) is 0 Å². The molecule has 1 aliphatic heterocycles. The average Bonchev–Trinajstić information content (AvgIpc) is 2.58. The van der Waals surface area contributed by atoms with E-state index in [0.717, 1.165) is 12.8 Å². The minimum atomic E-state index is -0.544. The summed E-state index contributed by atoms with van der Waals surface area (Å²) in [4.78, 5) is 44.6. The number of likely N-dealkylation sites (tertiary alicyclic amines) is 1. The number of aromatic amines is 1. The second kappa shape index (κ2) is 6.20. The third-order valence-electron chi connectivity index (χ3n) is 4.71. The van der Waals surface area contributed by atoms with Crippen LogP contribution < -0.4 is 17.0 Å². The van der Waals surface area contributed by atoms with Crippen molar-refractivity contribution in [1.82, 2.24) is 19.4 Å². The van der Waals surface area contributed by atoms with Crippen LogP contribution in [0.2, 0.25) is 0 Å². The Morgan fingerprint density at radius 2 is 2.21 bits per heavy atom. The van der Waals surface area contributed by atoms with Crippen LogP contribution in [0.3, 0.4) is 0 Å². The Morgan fingerprint density at radius 3 is 2.92 bits per heavy atom. The molecule has 0 saturated carbocycles. The number of nitrogens with zero attached hydrogens (tertiary/aromatic N) is 3. The van der Waals surface area contributed by atoms with Crippen LogP contribution in [-0.2, 0) is 7.05 Å². The molecule has 3 N–H and O–H groups in total. The lowest BCUT2D eigenvalue weighted by Crippen LogP contribution is -2.49. The van der Waals surface area contributed by atoms with Crippen LogP contribution in [-0.4, -0.2) is 44.5 Å². The molecule has 128 valence electrons. The van der Waals surface area contributed by atoms with Gasteiger partial charge in [0.05, 0.1) is 10.9 Å². The van der Waals surface area contributed by atoms with Gasteiger partial charge < -0.3 is 10.6 Å². The number of aryl methyl sites for hydroxylation is 1. The Balaban J connectivity index is 2.02.